The zero-order chi connectivity index (χ0) is 7.33. The van der Waals surface area contributed by atoms with E-state index in [2.05, 4.69) is 3.82 Å². The third-order valence-corrected chi connectivity index (χ3v) is 1.70. The van der Waals surface area contributed by atoms with Gasteiger partial charge in [-0.1, -0.05) is 0 Å². The molecule has 0 aromatic carbocycles. The van der Waals surface area contributed by atoms with Gasteiger partial charge in [-0.15, -0.1) is 0 Å². The van der Waals surface area contributed by atoms with Crippen molar-refractivity contribution >= 4 is 13.4 Å². The van der Waals surface area contributed by atoms with Gasteiger partial charge in [0, 0.05) is 0 Å². The summed E-state index contributed by atoms with van der Waals surface area (Å²) in [4.78, 5) is 0. The second-order valence-electron chi connectivity index (χ2n) is 1.60. The summed E-state index contributed by atoms with van der Waals surface area (Å²) in [6.07, 6.45) is 1.51. The quantitative estimate of drug-likeness (QED) is 0.517. The van der Waals surface area contributed by atoms with Crippen molar-refractivity contribution in [1.82, 2.24) is 0 Å². The van der Waals surface area contributed by atoms with Gasteiger partial charge < -0.3 is 0 Å². The van der Waals surface area contributed by atoms with E-state index in [-0.39, 0.29) is 6.61 Å². The van der Waals surface area contributed by atoms with Crippen LogP contribution in [0, 0.1) is 0 Å². The van der Waals surface area contributed by atoms with Crippen molar-refractivity contribution < 1.29 is 15.7 Å². The zero-order valence-electron chi connectivity index (χ0n) is 5.20. The van der Waals surface area contributed by atoms with Crippen molar-refractivity contribution in [2.45, 2.75) is 19.8 Å². The van der Waals surface area contributed by atoms with E-state index in [1.807, 2.05) is 6.92 Å². The Morgan fingerprint density at radius 1 is 1.56 bits per heavy atom. The molecule has 0 fully saturated rings. The molecule has 0 heterocycles. The van der Waals surface area contributed by atoms with Crippen molar-refractivity contribution in [1.29, 1.82) is 0 Å². The molecule has 0 amide bonds. The van der Waals surface area contributed by atoms with Gasteiger partial charge >= 0.3 is 55.4 Å². The summed E-state index contributed by atoms with van der Waals surface area (Å²) >= 11 is -4.85. The zero-order valence-corrected chi connectivity index (χ0v) is 6.91. The molecule has 0 aliphatic heterocycles. The topological polar surface area (TPSA) is 63.6 Å². The maximum atomic E-state index is 9.91. The van der Waals surface area contributed by atoms with E-state index in [4.69, 9.17) is 4.19 Å². The third-order valence-electron chi connectivity index (χ3n) is 0.730. The van der Waals surface area contributed by atoms with Crippen LogP contribution < -0.4 is 0 Å². The van der Waals surface area contributed by atoms with Gasteiger partial charge in [-0.2, -0.15) is 0 Å². The van der Waals surface area contributed by atoms with Crippen LogP contribution in [-0.4, -0.2) is 24.2 Å². The van der Waals surface area contributed by atoms with Gasteiger partial charge in [-0.3, -0.25) is 0 Å². The van der Waals surface area contributed by atoms with Crippen molar-refractivity contribution in [3.05, 3.63) is 0 Å². The van der Waals surface area contributed by atoms with Crippen LogP contribution in [0.25, 0.3) is 0 Å². The molecule has 0 saturated heterocycles. The maximum absolute atomic E-state index is 9.91. The van der Waals surface area contributed by atoms with Crippen LogP contribution in [0.15, 0.2) is 0 Å². The second kappa shape index (κ2) is 3.95. The Morgan fingerprint density at radius 3 is 2.44 bits per heavy atom. The van der Waals surface area contributed by atoms with Crippen LogP contribution >= 0.6 is 0 Å². The fraction of sp³-hybridized carbons (Fsp3) is 1.00. The molecule has 56 valence electrons. The number of rotatable bonds is 4. The van der Waals surface area contributed by atoms with Gasteiger partial charge in [0.2, 0.25) is 0 Å². The Morgan fingerprint density at radius 2 is 2.11 bits per heavy atom. The predicted octanol–water partition coefficient (Wildman–Crippen LogP) is 0.0920. The summed E-state index contributed by atoms with van der Waals surface area (Å²) in [5, 5.41) is 0. The Kier molecular flexibility index (Phi) is 3.97. The summed E-state index contributed by atoms with van der Waals surface area (Å²) in [5.74, 6) is 0. The molecule has 0 radical (unpaired) electrons. The summed E-state index contributed by atoms with van der Waals surface area (Å²) in [6.45, 7) is 2.00. The van der Waals surface area contributed by atoms with E-state index in [1.54, 1.807) is 0 Å². The SMILES string of the molecule is CCCCO[Se](=O)(=O)O. The van der Waals surface area contributed by atoms with Gasteiger partial charge in [-0.25, -0.2) is 0 Å². The minimum atomic E-state index is -4.85. The molecule has 0 bridgehead atoms. The van der Waals surface area contributed by atoms with Crippen molar-refractivity contribution in [3.63, 3.8) is 0 Å². The molecule has 4 nitrogen and oxygen atoms in total. The van der Waals surface area contributed by atoms with E-state index >= 15 is 0 Å². The van der Waals surface area contributed by atoms with Gasteiger partial charge in [0.05, 0.1) is 0 Å². The van der Waals surface area contributed by atoms with Crippen molar-refractivity contribution in [2.75, 3.05) is 6.61 Å². The van der Waals surface area contributed by atoms with Crippen LogP contribution in [0.2, 0.25) is 0 Å². The first kappa shape index (κ1) is 9.04. The fourth-order valence-corrected chi connectivity index (χ4v) is 0.998. The molecular weight excluding hydrogens is 191 g/mol. The van der Waals surface area contributed by atoms with Gasteiger partial charge in [0.15, 0.2) is 0 Å². The van der Waals surface area contributed by atoms with Crippen molar-refractivity contribution in [2.24, 2.45) is 0 Å². The average molecular weight is 201 g/mol. The van der Waals surface area contributed by atoms with E-state index in [0.717, 1.165) is 6.42 Å². The number of unbranched alkanes of at least 4 members (excludes halogenated alkanes) is 1. The number of hydrogen-bond acceptors (Lipinski definition) is 3. The Bertz CT molecular complexity index is 148. The monoisotopic (exact) mass is 202 g/mol. The fourth-order valence-electron chi connectivity index (χ4n) is 0.309. The Labute approximate surface area is 56.1 Å². The predicted molar refractivity (Wildman–Crippen MR) is 30.2 cm³/mol. The van der Waals surface area contributed by atoms with Crippen molar-refractivity contribution in [3.8, 4) is 0 Å². The molecule has 1 N–H and O–H groups in total. The first-order valence-corrected chi connectivity index (χ1v) is 5.54. The van der Waals surface area contributed by atoms with Crippen LogP contribution in [0.4, 0.5) is 0 Å². The van der Waals surface area contributed by atoms with Crippen LogP contribution in [-0.2, 0) is 11.5 Å². The molecule has 0 aromatic rings. The average Bonchev–Trinajstić information content (AvgIpc) is 1.63. The molecule has 0 atom stereocenters. The molecule has 9 heavy (non-hydrogen) atoms. The molecule has 0 saturated carbocycles. The second-order valence-corrected chi connectivity index (χ2v) is 3.89. The number of hydrogen-bond donors (Lipinski definition) is 1. The minimum absolute atomic E-state index is 0.0972. The summed E-state index contributed by atoms with van der Waals surface area (Å²) in [6, 6.07) is 0. The van der Waals surface area contributed by atoms with Gasteiger partial charge in [0.25, 0.3) is 0 Å². The van der Waals surface area contributed by atoms with Crippen LogP contribution in [0.3, 0.4) is 0 Å². The molecule has 0 spiro atoms. The first-order chi connectivity index (χ1) is 4.06. The first-order valence-electron chi connectivity index (χ1n) is 2.68. The molecule has 0 aromatic heterocycles. The third kappa shape index (κ3) is 8.04. The van der Waals surface area contributed by atoms with E-state index in [1.165, 1.54) is 0 Å². The molecule has 5 heteroatoms. The standard InChI is InChI=1S/C4H10O4Se/c1-2-3-4-8-9(5,6)7/h2-4H2,1H3,(H,5,6,7). The van der Waals surface area contributed by atoms with Crippen LogP contribution in [0.1, 0.15) is 19.8 Å². The molecule has 0 aliphatic carbocycles. The van der Waals surface area contributed by atoms with E-state index in [0.29, 0.717) is 6.42 Å². The van der Waals surface area contributed by atoms with E-state index < -0.39 is 13.4 Å². The summed E-state index contributed by atoms with van der Waals surface area (Å²) in [7, 11) is 0. The Hall–Kier alpha value is 0.0395. The summed E-state index contributed by atoms with van der Waals surface area (Å²) in [5.41, 5.74) is 0. The van der Waals surface area contributed by atoms with Crippen LogP contribution in [0.5, 0.6) is 0 Å². The molecule has 0 unspecified atom stereocenters. The summed E-state index contributed by atoms with van der Waals surface area (Å²) < 4.78 is 32.0. The molecular formula is C4H10O4Se. The normalized spacial score (nSPS) is 11.8. The van der Waals surface area contributed by atoms with Gasteiger partial charge in [0.1, 0.15) is 0 Å². The molecule has 0 rings (SSSR count). The molecule has 0 aliphatic rings. The van der Waals surface area contributed by atoms with Gasteiger partial charge in [-0.05, 0) is 0 Å². The van der Waals surface area contributed by atoms with E-state index in [9.17, 15) is 7.67 Å². The Balaban J connectivity index is 3.30.